The molecule has 0 saturated carbocycles. The molecule has 0 fully saturated rings. The van der Waals surface area contributed by atoms with E-state index in [2.05, 4.69) is 44.0 Å². The van der Waals surface area contributed by atoms with Gasteiger partial charge in [0.2, 0.25) is 0 Å². The van der Waals surface area contributed by atoms with Crippen molar-refractivity contribution in [3.05, 3.63) is 29.3 Å². The van der Waals surface area contributed by atoms with Crippen LogP contribution in [-0.2, 0) is 0 Å². The fraction of sp³-hybridized carbons (Fsp3) is 0.500. The van der Waals surface area contributed by atoms with Crippen LogP contribution in [0.1, 0.15) is 29.9 Å². The van der Waals surface area contributed by atoms with E-state index in [1.165, 1.54) is 4.88 Å². The molecular formula is C10H15S2. The first-order chi connectivity index (χ1) is 5.74. The molecular weight excluding hydrogens is 184 g/mol. The van der Waals surface area contributed by atoms with Gasteiger partial charge in [0.15, 0.2) is 0 Å². The molecule has 0 aromatic carbocycles. The zero-order chi connectivity index (χ0) is 8.97. The van der Waals surface area contributed by atoms with Crippen LogP contribution in [0.2, 0.25) is 0 Å². The summed E-state index contributed by atoms with van der Waals surface area (Å²) in [5, 5.41) is 2.48. The maximum Gasteiger partial charge on any atom is 0.0363 e. The molecule has 0 amide bonds. The lowest BCUT2D eigenvalue weighted by Crippen LogP contribution is -1.97. The number of hydrogen-bond donors (Lipinski definition) is 1. The number of rotatable bonds is 4. The molecule has 0 N–H and O–H groups in total. The third-order valence-electron chi connectivity index (χ3n) is 2.01. The van der Waals surface area contributed by atoms with Gasteiger partial charge in [0, 0.05) is 10.1 Å². The van der Waals surface area contributed by atoms with Crippen LogP contribution in [0, 0.1) is 12.8 Å². The van der Waals surface area contributed by atoms with Crippen LogP contribution >= 0.6 is 24.0 Å². The van der Waals surface area contributed by atoms with Crippen molar-refractivity contribution in [1.29, 1.82) is 0 Å². The molecule has 2 atom stereocenters. The summed E-state index contributed by atoms with van der Waals surface area (Å²) >= 11 is 6.33. The van der Waals surface area contributed by atoms with Gasteiger partial charge in [-0.15, -0.1) is 11.3 Å². The fourth-order valence-electron chi connectivity index (χ4n) is 1.08. The molecule has 1 aromatic rings. The molecule has 0 aliphatic rings. The first-order valence-corrected chi connectivity index (χ1v) is 5.68. The highest BCUT2D eigenvalue weighted by atomic mass is 32.1. The molecule has 2 heteroatoms. The maximum atomic E-state index is 4.55. The minimum absolute atomic E-state index is 0.382. The number of thiophene rings is 1. The van der Waals surface area contributed by atoms with Crippen LogP contribution in [0.5, 0.6) is 0 Å². The summed E-state index contributed by atoms with van der Waals surface area (Å²) in [5.74, 6) is 0.537. The molecule has 1 rings (SSSR count). The van der Waals surface area contributed by atoms with Crippen LogP contribution in [0.15, 0.2) is 17.5 Å². The Labute approximate surface area is 84.4 Å². The van der Waals surface area contributed by atoms with E-state index in [1.54, 1.807) is 11.3 Å². The van der Waals surface area contributed by atoms with Crippen LogP contribution in [0.4, 0.5) is 0 Å². The first-order valence-electron chi connectivity index (χ1n) is 4.28. The Morgan fingerprint density at radius 1 is 1.67 bits per heavy atom. The lowest BCUT2D eigenvalue weighted by atomic mass is 10.0. The third kappa shape index (κ3) is 2.83. The zero-order valence-corrected chi connectivity index (χ0v) is 9.07. The van der Waals surface area contributed by atoms with Crippen molar-refractivity contribution in [1.82, 2.24) is 0 Å². The van der Waals surface area contributed by atoms with E-state index in [4.69, 9.17) is 0 Å². The summed E-state index contributed by atoms with van der Waals surface area (Å²) < 4.78 is 0. The molecule has 67 valence electrons. The Bertz CT molecular complexity index is 204. The van der Waals surface area contributed by atoms with Crippen LogP contribution in [0.25, 0.3) is 0 Å². The monoisotopic (exact) mass is 199 g/mol. The second-order valence-electron chi connectivity index (χ2n) is 3.04. The SMILES string of the molecule is [CH2]C(CC)CC(S)c1cccs1. The average molecular weight is 199 g/mol. The summed E-state index contributed by atoms with van der Waals surface area (Å²) in [7, 11) is 0. The van der Waals surface area contributed by atoms with Gasteiger partial charge in [0.1, 0.15) is 0 Å². The quantitative estimate of drug-likeness (QED) is 0.697. The lowest BCUT2D eigenvalue weighted by molar-refractivity contribution is 0.566. The van der Waals surface area contributed by atoms with Crippen molar-refractivity contribution < 1.29 is 0 Å². The van der Waals surface area contributed by atoms with E-state index < -0.39 is 0 Å². The first kappa shape index (κ1) is 10.1. The van der Waals surface area contributed by atoms with Crippen LogP contribution in [0.3, 0.4) is 0 Å². The third-order valence-corrected chi connectivity index (χ3v) is 3.66. The van der Waals surface area contributed by atoms with Crippen molar-refractivity contribution in [2.75, 3.05) is 0 Å². The van der Waals surface area contributed by atoms with Gasteiger partial charge in [-0.3, -0.25) is 0 Å². The topological polar surface area (TPSA) is 0 Å². The molecule has 2 unspecified atom stereocenters. The standard InChI is InChI=1S/C10H15S2/c1-3-8(2)7-9(11)10-5-4-6-12-10/h4-6,8-9,11H,2-3,7H2,1H3. The lowest BCUT2D eigenvalue weighted by Gasteiger charge is -2.12. The molecule has 1 aromatic heterocycles. The molecule has 0 bridgehead atoms. The van der Waals surface area contributed by atoms with Gasteiger partial charge < -0.3 is 0 Å². The Hall–Kier alpha value is 0.0500. The summed E-state index contributed by atoms with van der Waals surface area (Å²) in [6.45, 7) is 6.24. The number of hydrogen-bond acceptors (Lipinski definition) is 2. The molecule has 0 nitrogen and oxygen atoms in total. The highest BCUT2D eigenvalue weighted by molar-refractivity contribution is 7.80. The van der Waals surface area contributed by atoms with Crippen molar-refractivity contribution in [2.45, 2.75) is 25.0 Å². The van der Waals surface area contributed by atoms with Gasteiger partial charge in [0.25, 0.3) is 0 Å². The average Bonchev–Trinajstić information content (AvgIpc) is 2.56. The zero-order valence-electron chi connectivity index (χ0n) is 7.36. The second-order valence-corrected chi connectivity index (χ2v) is 4.64. The second kappa shape index (κ2) is 4.93. The van der Waals surface area contributed by atoms with Crippen molar-refractivity contribution >= 4 is 24.0 Å². The smallest absolute Gasteiger partial charge is 0.0363 e. The molecule has 1 radical (unpaired) electrons. The van der Waals surface area contributed by atoms with Crippen molar-refractivity contribution in [2.24, 2.45) is 5.92 Å². The predicted octanol–water partition coefficient (Wildman–Crippen LogP) is 3.97. The highest BCUT2D eigenvalue weighted by Gasteiger charge is 2.10. The van der Waals surface area contributed by atoms with Gasteiger partial charge in [-0.05, 0) is 23.8 Å². The molecule has 0 aliphatic carbocycles. The van der Waals surface area contributed by atoms with Gasteiger partial charge in [-0.25, -0.2) is 0 Å². The molecule has 12 heavy (non-hydrogen) atoms. The van der Waals surface area contributed by atoms with Crippen molar-refractivity contribution in [3.8, 4) is 0 Å². The minimum atomic E-state index is 0.382. The van der Waals surface area contributed by atoms with Crippen LogP contribution < -0.4 is 0 Å². The molecule has 0 spiro atoms. The summed E-state index contributed by atoms with van der Waals surface area (Å²) in [5.41, 5.74) is 0. The Morgan fingerprint density at radius 3 is 2.92 bits per heavy atom. The molecule has 0 aliphatic heterocycles. The normalized spacial score (nSPS) is 15.9. The predicted molar refractivity (Wildman–Crippen MR) is 59.8 cm³/mol. The van der Waals surface area contributed by atoms with E-state index in [9.17, 15) is 0 Å². The Balaban J connectivity index is 2.44. The minimum Gasteiger partial charge on any atom is -0.170 e. The summed E-state index contributed by atoms with van der Waals surface area (Å²) in [6.07, 6.45) is 2.22. The molecule has 0 saturated heterocycles. The van der Waals surface area contributed by atoms with Crippen molar-refractivity contribution in [3.63, 3.8) is 0 Å². The fourth-order valence-corrected chi connectivity index (χ4v) is 2.37. The van der Waals surface area contributed by atoms with E-state index in [1.807, 2.05) is 0 Å². The van der Waals surface area contributed by atoms with Gasteiger partial charge >= 0.3 is 0 Å². The highest BCUT2D eigenvalue weighted by Crippen LogP contribution is 2.31. The van der Waals surface area contributed by atoms with E-state index in [-0.39, 0.29) is 0 Å². The van der Waals surface area contributed by atoms with Crippen LogP contribution in [-0.4, -0.2) is 0 Å². The van der Waals surface area contributed by atoms with E-state index in [0.717, 1.165) is 12.8 Å². The number of thiol groups is 1. The van der Waals surface area contributed by atoms with Gasteiger partial charge in [0.05, 0.1) is 0 Å². The Morgan fingerprint density at radius 2 is 2.42 bits per heavy atom. The van der Waals surface area contributed by atoms with Gasteiger partial charge in [-0.2, -0.15) is 12.6 Å². The van der Waals surface area contributed by atoms with E-state index >= 15 is 0 Å². The largest absolute Gasteiger partial charge is 0.170 e. The van der Waals surface area contributed by atoms with E-state index in [0.29, 0.717) is 11.2 Å². The Kier molecular flexibility index (Phi) is 4.16. The van der Waals surface area contributed by atoms with Gasteiger partial charge in [-0.1, -0.05) is 26.3 Å². The summed E-state index contributed by atoms with van der Waals surface area (Å²) in [6, 6.07) is 4.22. The molecule has 1 heterocycles. The maximum absolute atomic E-state index is 4.55. The summed E-state index contributed by atoms with van der Waals surface area (Å²) in [4.78, 5) is 1.36.